The van der Waals surface area contributed by atoms with E-state index in [1.54, 1.807) is 68.2 Å². The third-order valence-electron chi connectivity index (χ3n) is 12.7. The fourth-order valence-electron chi connectivity index (χ4n) is 9.78. The van der Waals surface area contributed by atoms with Crippen LogP contribution in [0.3, 0.4) is 0 Å². The Kier molecular flexibility index (Phi) is 12.2. The fraction of sp³-hybridized carbons (Fsp3) is 0. The van der Waals surface area contributed by atoms with Gasteiger partial charge >= 0.3 is 0 Å². The summed E-state index contributed by atoms with van der Waals surface area (Å²) in [6, 6.07) is 55.7. The van der Waals surface area contributed by atoms with Gasteiger partial charge in [-0.2, -0.15) is 0 Å². The summed E-state index contributed by atoms with van der Waals surface area (Å²) in [5.74, 6) is -0.380. The van der Waals surface area contributed by atoms with Crippen molar-refractivity contribution in [3.63, 3.8) is 0 Å². The highest BCUT2D eigenvalue weighted by atomic mass is 16.1. The number of carbonyl (C=O) groups is 1. The van der Waals surface area contributed by atoms with Gasteiger partial charge in [-0.05, 0) is 115 Å². The molecular weight excluding hydrogens is 913 g/mol. The zero-order chi connectivity index (χ0) is 49.6. The molecule has 0 unspecified atom stereocenters. The first-order chi connectivity index (χ1) is 36.7. The quantitative estimate of drug-likeness (QED) is 0.108. The van der Waals surface area contributed by atoms with Crippen molar-refractivity contribution in [1.82, 2.24) is 49.8 Å². The molecule has 0 bridgehead atoms. The first-order valence-electron chi connectivity index (χ1n) is 23.9. The lowest BCUT2D eigenvalue weighted by atomic mass is 9.73. The smallest absolute Gasteiger partial charge is 0.195 e. The van der Waals surface area contributed by atoms with Gasteiger partial charge in [0, 0.05) is 140 Å². The second-order valence-corrected chi connectivity index (χ2v) is 17.0. The molecule has 2 aromatic carbocycles. The van der Waals surface area contributed by atoms with Crippen LogP contribution in [-0.4, -0.2) is 55.6 Å². The number of pyridine rings is 10. The summed E-state index contributed by atoms with van der Waals surface area (Å²) in [5.41, 5.74) is 12.4. The summed E-state index contributed by atoms with van der Waals surface area (Å²) < 4.78 is 0. The third kappa shape index (κ3) is 8.25. The summed E-state index contributed by atoms with van der Waals surface area (Å²) >= 11 is 0. The lowest BCUT2D eigenvalue weighted by Crippen LogP contribution is -2.16. The van der Waals surface area contributed by atoms with Crippen molar-refractivity contribution >= 4 is 5.78 Å². The van der Waals surface area contributed by atoms with Crippen molar-refractivity contribution in [2.75, 3.05) is 0 Å². The molecule has 0 amide bonds. The van der Waals surface area contributed by atoms with Gasteiger partial charge in [0.05, 0.1) is 51.2 Å². The minimum absolute atomic E-state index is 0.287. The summed E-state index contributed by atoms with van der Waals surface area (Å²) in [4.78, 5) is 68.4. The van der Waals surface area contributed by atoms with E-state index in [2.05, 4.69) is 0 Å². The Hall–Kier alpha value is -10.4. The van der Waals surface area contributed by atoms with Crippen LogP contribution >= 0.6 is 0 Å². The minimum atomic E-state index is -0.380. The topological polar surface area (TPSA) is 146 Å². The molecule has 0 saturated heterocycles. The Morgan fingerprint density at radius 1 is 0.230 bits per heavy atom. The van der Waals surface area contributed by atoms with E-state index in [-0.39, 0.29) is 11.3 Å². The molecule has 11 nitrogen and oxygen atoms in total. The second-order valence-electron chi connectivity index (χ2n) is 17.0. The molecule has 12 aromatic rings. The van der Waals surface area contributed by atoms with Crippen LogP contribution in [0.5, 0.6) is 0 Å². The standard InChI is InChI=1S/C63H40N10O/c74-63(61-51(41-20-19-30-64-40-41)52(42-21-1-10-31-65-42)53(43-22-2-11-32-66-43)55(45-24-4-13-34-68-45)58(61)48-27-7-16-37-71-48)62-59(49-28-8-17-38-72-49)56(46-25-5-14-35-69-46)54(44-23-3-12-33-67-44)57(47-26-6-15-36-70-47)60(62)50-29-9-18-39-73-50/h1-40H. The van der Waals surface area contributed by atoms with Crippen molar-refractivity contribution < 1.29 is 4.79 Å². The van der Waals surface area contributed by atoms with Crippen LogP contribution in [0.1, 0.15) is 15.9 Å². The Morgan fingerprint density at radius 2 is 0.459 bits per heavy atom. The largest absolute Gasteiger partial charge is 0.289 e. The van der Waals surface area contributed by atoms with Gasteiger partial charge in [0.15, 0.2) is 5.78 Å². The number of carbonyl (C=O) groups excluding carboxylic acids is 1. The number of ketones is 1. The van der Waals surface area contributed by atoms with E-state index in [1.165, 1.54) is 0 Å². The van der Waals surface area contributed by atoms with Crippen molar-refractivity contribution in [3.8, 4) is 112 Å². The Balaban J connectivity index is 1.40. The maximum Gasteiger partial charge on any atom is 0.195 e. The highest BCUT2D eigenvalue weighted by Crippen LogP contribution is 2.56. The predicted octanol–water partition coefficient (Wildman–Crippen LogP) is 13.5. The SMILES string of the molecule is O=C(c1c(-c2cccnc2)c(-c2ccccn2)c(-c2ccccn2)c(-c2ccccn2)c1-c1ccccn1)c1c(-c2ccccn2)c(-c2ccccn2)c(-c2ccccn2)c(-c2ccccn2)c1-c1ccccn1. The summed E-state index contributed by atoms with van der Waals surface area (Å²) in [5, 5.41) is 0. The Morgan fingerprint density at radius 3 is 0.689 bits per heavy atom. The van der Waals surface area contributed by atoms with Crippen LogP contribution in [0.4, 0.5) is 0 Å². The molecule has 12 rings (SSSR count). The number of hydrogen-bond acceptors (Lipinski definition) is 11. The van der Waals surface area contributed by atoms with Crippen molar-refractivity contribution in [3.05, 3.63) is 255 Å². The van der Waals surface area contributed by atoms with Gasteiger partial charge in [0.2, 0.25) is 0 Å². The summed E-state index contributed by atoms with van der Waals surface area (Å²) in [7, 11) is 0. The van der Waals surface area contributed by atoms with Gasteiger partial charge in [0.25, 0.3) is 0 Å². The van der Waals surface area contributed by atoms with Gasteiger partial charge in [-0.1, -0.05) is 60.7 Å². The van der Waals surface area contributed by atoms with Crippen molar-refractivity contribution in [2.24, 2.45) is 0 Å². The molecule has 0 N–H and O–H groups in total. The number of benzene rings is 2. The predicted molar refractivity (Wildman–Crippen MR) is 289 cm³/mol. The average molecular weight is 953 g/mol. The van der Waals surface area contributed by atoms with Gasteiger partial charge in [0.1, 0.15) is 0 Å². The molecule has 0 aliphatic carbocycles. The van der Waals surface area contributed by atoms with Gasteiger partial charge in [-0.25, -0.2) is 0 Å². The molecule has 0 fully saturated rings. The molecule has 0 radical (unpaired) electrons. The molecule has 10 aromatic heterocycles. The van der Waals surface area contributed by atoms with Crippen LogP contribution < -0.4 is 0 Å². The number of nitrogens with zero attached hydrogens (tertiary/aromatic N) is 10. The molecule has 11 heteroatoms. The zero-order valence-electron chi connectivity index (χ0n) is 39.5. The highest BCUT2D eigenvalue weighted by Gasteiger charge is 2.39. The normalized spacial score (nSPS) is 11.0. The van der Waals surface area contributed by atoms with Crippen LogP contribution in [0.25, 0.3) is 112 Å². The van der Waals surface area contributed by atoms with Crippen LogP contribution in [0.2, 0.25) is 0 Å². The monoisotopic (exact) mass is 952 g/mol. The number of hydrogen-bond donors (Lipinski definition) is 0. The number of aromatic nitrogens is 10. The maximum absolute atomic E-state index is 18.0. The second kappa shape index (κ2) is 20.1. The molecular formula is C63H40N10O. The molecule has 10 heterocycles. The zero-order valence-corrected chi connectivity index (χ0v) is 39.5. The lowest BCUT2D eigenvalue weighted by molar-refractivity contribution is 0.104. The van der Waals surface area contributed by atoms with E-state index in [0.29, 0.717) is 118 Å². The number of rotatable bonds is 12. The molecule has 0 atom stereocenters. The molecule has 0 aliphatic heterocycles. The molecule has 74 heavy (non-hydrogen) atoms. The molecule has 348 valence electrons. The minimum Gasteiger partial charge on any atom is -0.289 e. The van der Waals surface area contributed by atoms with Crippen molar-refractivity contribution in [1.29, 1.82) is 0 Å². The first-order valence-corrected chi connectivity index (χ1v) is 23.9. The summed E-state index contributed by atoms with van der Waals surface area (Å²) in [6.07, 6.45) is 19.3. The Labute approximate surface area is 426 Å². The van der Waals surface area contributed by atoms with Crippen LogP contribution in [0.15, 0.2) is 244 Å². The van der Waals surface area contributed by atoms with E-state index < -0.39 is 0 Å². The first kappa shape index (κ1) is 44.8. The molecule has 0 aliphatic rings. The lowest BCUT2D eigenvalue weighted by Gasteiger charge is -2.29. The molecule has 0 saturated carbocycles. The van der Waals surface area contributed by atoms with Gasteiger partial charge in [-0.3, -0.25) is 54.6 Å². The Bertz CT molecular complexity index is 3440. The summed E-state index contributed by atoms with van der Waals surface area (Å²) in [6.45, 7) is 0. The fourth-order valence-corrected chi connectivity index (χ4v) is 9.78. The van der Waals surface area contributed by atoms with Crippen molar-refractivity contribution in [2.45, 2.75) is 0 Å². The van der Waals surface area contributed by atoms with Gasteiger partial charge in [-0.15, -0.1) is 0 Å². The van der Waals surface area contributed by atoms with E-state index in [9.17, 15) is 0 Å². The highest BCUT2D eigenvalue weighted by molar-refractivity contribution is 6.29. The maximum atomic E-state index is 18.0. The van der Waals surface area contributed by atoms with E-state index in [1.807, 2.05) is 176 Å². The molecule has 0 spiro atoms. The van der Waals surface area contributed by atoms with Crippen LogP contribution in [-0.2, 0) is 0 Å². The van der Waals surface area contributed by atoms with E-state index in [4.69, 9.17) is 49.8 Å². The third-order valence-corrected chi connectivity index (χ3v) is 12.7. The van der Waals surface area contributed by atoms with Crippen LogP contribution in [0, 0.1) is 0 Å². The van der Waals surface area contributed by atoms with E-state index >= 15 is 4.79 Å². The van der Waals surface area contributed by atoms with E-state index in [0.717, 1.165) is 0 Å². The van der Waals surface area contributed by atoms with Gasteiger partial charge < -0.3 is 0 Å². The average Bonchev–Trinajstić information content (AvgIpc) is 3.50.